The van der Waals surface area contributed by atoms with Gasteiger partial charge in [-0.05, 0) is 42.2 Å². The molecule has 2 rings (SSSR count). The van der Waals surface area contributed by atoms with Crippen molar-refractivity contribution < 1.29 is 14.6 Å². The quantitative estimate of drug-likeness (QED) is 0.807. The molecular weight excluding hydrogens is 228 g/mol. The Balaban J connectivity index is 2.11. The molecule has 18 heavy (non-hydrogen) atoms. The number of carbonyl (C=O) groups is 1. The van der Waals surface area contributed by atoms with E-state index >= 15 is 0 Å². The molecule has 1 fully saturated rings. The molecule has 0 aromatic heterocycles. The summed E-state index contributed by atoms with van der Waals surface area (Å²) in [6.45, 7) is 0.705. The Morgan fingerprint density at radius 3 is 2.89 bits per heavy atom. The number of methoxy groups -OCH3 is 1. The van der Waals surface area contributed by atoms with E-state index in [0.29, 0.717) is 12.5 Å². The van der Waals surface area contributed by atoms with E-state index in [1.165, 1.54) is 24.0 Å². The maximum absolute atomic E-state index is 11.0. The molecule has 0 spiro atoms. The summed E-state index contributed by atoms with van der Waals surface area (Å²) in [6.07, 6.45) is 3.47. The standard InChI is InChI=1S/C15H20O3/c1-18-8-7-11-3-2-4-13(9-11)14(10-15(16)17)12-5-6-12/h2-4,9,12,14H,5-8,10H2,1H3,(H,16,17). The topological polar surface area (TPSA) is 46.5 Å². The third-order valence-electron chi connectivity index (χ3n) is 3.56. The monoisotopic (exact) mass is 248 g/mol. The van der Waals surface area contributed by atoms with Gasteiger partial charge in [-0.15, -0.1) is 0 Å². The first kappa shape index (κ1) is 13.1. The minimum atomic E-state index is -0.700. The van der Waals surface area contributed by atoms with Gasteiger partial charge in [-0.2, -0.15) is 0 Å². The van der Waals surface area contributed by atoms with Crippen LogP contribution in [0.5, 0.6) is 0 Å². The van der Waals surface area contributed by atoms with Gasteiger partial charge in [0.15, 0.2) is 0 Å². The van der Waals surface area contributed by atoms with Crippen LogP contribution in [0.3, 0.4) is 0 Å². The summed E-state index contributed by atoms with van der Waals surface area (Å²) < 4.78 is 5.08. The van der Waals surface area contributed by atoms with Crippen molar-refractivity contribution in [3.05, 3.63) is 35.4 Å². The van der Waals surface area contributed by atoms with Crippen molar-refractivity contribution in [2.24, 2.45) is 5.92 Å². The highest BCUT2D eigenvalue weighted by molar-refractivity contribution is 5.68. The van der Waals surface area contributed by atoms with E-state index < -0.39 is 5.97 Å². The van der Waals surface area contributed by atoms with Crippen molar-refractivity contribution in [3.63, 3.8) is 0 Å². The van der Waals surface area contributed by atoms with Crippen LogP contribution in [0.1, 0.15) is 36.3 Å². The molecule has 1 aromatic carbocycles. The molecule has 0 saturated heterocycles. The van der Waals surface area contributed by atoms with Crippen LogP contribution in [-0.4, -0.2) is 24.8 Å². The lowest BCUT2D eigenvalue weighted by atomic mass is 9.90. The maximum Gasteiger partial charge on any atom is 0.303 e. The van der Waals surface area contributed by atoms with Crippen LogP contribution in [0.15, 0.2) is 24.3 Å². The van der Waals surface area contributed by atoms with E-state index in [2.05, 4.69) is 18.2 Å². The van der Waals surface area contributed by atoms with Crippen molar-refractivity contribution in [3.8, 4) is 0 Å². The molecule has 0 heterocycles. The molecule has 0 bridgehead atoms. The van der Waals surface area contributed by atoms with E-state index in [9.17, 15) is 4.79 Å². The summed E-state index contributed by atoms with van der Waals surface area (Å²) >= 11 is 0. The summed E-state index contributed by atoms with van der Waals surface area (Å²) in [6, 6.07) is 8.30. The fourth-order valence-corrected chi connectivity index (χ4v) is 2.44. The average Bonchev–Trinajstić information content (AvgIpc) is 3.18. The number of aliphatic carboxylic acids is 1. The molecule has 98 valence electrons. The van der Waals surface area contributed by atoms with Gasteiger partial charge >= 0.3 is 5.97 Å². The number of rotatable bonds is 7. The minimum Gasteiger partial charge on any atom is -0.481 e. The van der Waals surface area contributed by atoms with Gasteiger partial charge in [0.1, 0.15) is 0 Å². The SMILES string of the molecule is COCCc1cccc(C(CC(=O)O)C2CC2)c1. The fourth-order valence-electron chi connectivity index (χ4n) is 2.44. The minimum absolute atomic E-state index is 0.185. The van der Waals surface area contributed by atoms with Crippen molar-refractivity contribution in [1.29, 1.82) is 0 Å². The van der Waals surface area contributed by atoms with Crippen LogP contribution in [0.4, 0.5) is 0 Å². The van der Waals surface area contributed by atoms with Crippen LogP contribution >= 0.6 is 0 Å². The fraction of sp³-hybridized carbons (Fsp3) is 0.533. The van der Waals surface area contributed by atoms with Crippen molar-refractivity contribution in [2.75, 3.05) is 13.7 Å². The molecule has 3 heteroatoms. The average molecular weight is 248 g/mol. The van der Waals surface area contributed by atoms with Crippen LogP contribution in [-0.2, 0) is 16.0 Å². The highest BCUT2D eigenvalue weighted by atomic mass is 16.5. The summed E-state index contributed by atoms with van der Waals surface area (Å²) in [5.74, 6) is 0.0537. The van der Waals surface area contributed by atoms with E-state index in [0.717, 1.165) is 6.42 Å². The number of benzene rings is 1. The van der Waals surface area contributed by atoms with Gasteiger partial charge in [0, 0.05) is 7.11 Å². The summed E-state index contributed by atoms with van der Waals surface area (Å²) in [4.78, 5) is 11.0. The zero-order valence-electron chi connectivity index (χ0n) is 10.8. The summed E-state index contributed by atoms with van der Waals surface area (Å²) in [7, 11) is 1.70. The lowest BCUT2D eigenvalue weighted by molar-refractivity contribution is -0.137. The molecule has 1 aliphatic carbocycles. The Bertz CT molecular complexity index is 410. The summed E-state index contributed by atoms with van der Waals surface area (Å²) in [5.41, 5.74) is 2.40. The van der Waals surface area contributed by atoms with E-state index in [1.807, 2.05) is 6.07 Å². The van der Waals surface area contributed by atoms with Crippen molar-refractivity contribution in [1.82, 2.24) is 0 Å². The van der Waals surface area contributed by atoms with Crippen LogP contribution in [0.2, 0.25) is 0 Å². The van der Waals surface area contributed by atoms with Crippen LogP contribution in [0, 0.1) is 5.92 Å². The molecule has 0 aliphatic heterocycles. The van der Waals surface area contributed by atoms with Gasteiger partial charge in [0.2, 0.25) is 0 Å². The predicted molar refractivity (Wildman–Crippen MR) is 69.7 cm³/mol. The van der Waals surface area contributed by atoms with Crippen molar-refractivity contribution in [2.45, 2.75) is 31.6 Å². The van der Waals surface area contributed by atoms with Gasteiger partial charge in [0.05, 0.1) is 13.0 Å². The third-order valence-corrected chi connectivity index (χ3v) is 3.56. The molecule has 3 nitrogen and oxygen atoms in total. The molecule has 0 amide bonds. The number of carboxylic acid groups (broad SMARTS) is 1. The normalized spacial score (nSPS) is 16.5. The van der Waals surface area contributed by atoms with E-state index in [-0.39, 0.29) is 12.3 Å². The lowest BCUT2D eigenvalue weighted by Gasteiger charge is -2.15. The number of hydrogen-bond donors (Lipinski definition) is 1. The van der Waals surface area contributed by atoms with Crippen molar-refractivity contribution >= 4 is 5.97 Å². The highest BCUT2D eigenvalue weighted by Gasteiger charge is 2.33. The Hall–Kier alpha value is -1.35. The van der Waals surface area contributed by atoms with E-state index in [1.54, 1.807) is 7.11 Å². The zero-order chi connectivity index (χ0) is 13.0. The van der Waals surface area contributed by atoms with Crippen LogP contribution < -0.4 is 0 Å². The number of hydrogen-bond acceptors (Lipinski definition) is 2. The highest BCUT2D eigenvalue weighted by Crippen LogP contribution is 2.44. The lowest BCUT2D eigenvalue weighted by Crippen LogP contribution is -2.09. The summed E-state index contributed by atoms with van der Waals surface area (Å²) in [5, 5.41) is 9.01. The van der Waals surface area contributed by atoms with Gasteiger partial charge in [-0.25, -0.2) is 0 Å². The maximum atomic E-state index is 11.0. The van der Waals surface area contributed by atoms with Gasteiger partial charge in [-0.1, -0.05) is 24.3 Å². The Kier molecular flexibility index (Phi) is 4.37. The Morgan fingerprint density at radius 1 is 1.50 bits per heavy atom. The molecule has 1 unspecified atom stereocenters. The molecule has 1 saturated carbocycles. The first-order valence-electron chi connectivity index (χ1n) is 6.50. The van der Waals surface area contributed by atoms with Gasteiger partial charge in [-0.3, -0.25) is 4.79 Å². The second-order valence-corrected chi connectivity index (χ2v) is 5.03. The molecule has 1 aromatic rings. The first-order chi connectivity index (χ1) is 8.70. The second kappa shape index (κ2) is 6.01. The molecular formula is C15H20O3. The van der Waals surface area contributed by atoms with Crippen LogP contribution in [0.25, 0.3) is 0 Å². The van der Waals surface area contributed by atoms with Gasteiger partial charge in [0.25, 0.3) is 0 Å². The zero-order valence-corrected chi connectivity index (χ0v) is 10.8. The number of carboxylic acids is 1. The van der Waals surface area contributed by atoms with Gasteiger partial charge < -0.3 is 9.84 Å². The predicted octanol–water partition coefficient (Wildman–Crippen LogP) is 2.84. The molecule has 0 radical (unpaired) electrons. The number of ether oxygens (including phenoxy) is 1. The molecule has 1 atom stereocenters. The Labute approximate surface area is 108 Å². The van der Waals surface area contributed by atoms with E-state index in [4.69, 9.17) is 9.84 Å². The smallest absolute Gasteiger partial charge is 0.303 e. The molecule has 1 N–H and O–H groups in total. The Morgan fingerprint density at radius 2 is 2.28 bits per heavy atom. The first-order valence-corrected chi connectivity index (χ1v) is 6.50. The second-order valence-electron chi connectivity index (χ2n) is 5.03. The largest absolute Gasteiger partial charge is 0.481 e. The molecule has 1 aliphatic rings. The third kappa shape index (κ3) is 3.57.